The third-order valence-electron chi connectivity index (χ3n) is 4.89. The zero-order valence-electron chi connectivity index (χ0n) is 15.0. The van der Waals surface area contributed by atoms with Gasteiger partial charge >= 0.3 is 11.9 Å². The molecule has 4 heteroatoms. The van der Waals surface area contributed by atoms with Gasteiger partial charge in [-0.2, -0.15) is 0 Å². The maximum Gasteiger partial charge on any atom is 0.308 e. The number of hydrogen-bond donors (Lipinski definition) is 0. The normalized spacial score (nSPS) is 21.0. The Morgan fingerprint density at radius 2 is 1.70 bits per heavy atom. The van der Waals surface area contributed by atoms with Crippen LogP contribution in [0, 0.1) is 11.8 Å². The van der Waals surface area contributed by atoms with Gasteiger partial charge in [-0.3, -0.25) is 9.59 Å². The van der Waals surface area contributed by atoms with Gasteiger partial charge in [0.1, 0.15) is 0 Å². The molecule has 0 aromatic heterocycles. The van der Waals surface area contributed by atoms with E-state index in [4.69, 9.17) is 4.74 Å². The van der Waals surface area contributed by atoms with Crippen LogP contribution in [0.25, 0.3) is 0 Å². The van der Waals surface area contributed by atoms with Gasteiger partial charge in [0, 0.05) is 6.42 Å². The van der Waals surface area contributed by atoms with Gasteiger partial charge in [0.25, 0.3) is 0 Å². The summed E-state index contributed by atoms with van der Waals surface area (Å²) in [4.78, 5) is 23.0. The highest BCUT2D eigenvalue weighted by Crippen LogP contribution is 2.32. The first kappa shape index (κ1) is 20.0. The number of hydrogen-bond acceptors (Lipinski definition) is 4. The van der Waals surface area contributed by atoms with Gasteiger partial charge in [-0.25, -0.2) is 0 Å². The van der Waals surface area contributed by atoms with Crippen LogP contribution in [0.15, 0.2) is 0 Å². The van der Waals surface area contributed by atoms with Crippen molar-refractivity contribution in [2.45, 2.75) is 84.0 Å². The molecule has 0 aliphatic heterocycles. The maximum absolute atomic E-state index is 12.1. The summed E-state index contributed by atoms with van der Waals surface area (Å²) in [6, 6.07) is 0. The van der Waals surface area contributed by atoms with Crippen LogP contribution in [0.4, 0.5) is 0 Å². The summed E-state index contributed by atoms with van der Waals surface area (Å²) >= 11 is 0. The molecule has 0 aromatic carbocycles. The van der Waals surface area contributed by atoms with Crippen molar-refractivity contribution in [3.63, 3.8) is 0 Å². The molecular weight excluding hydrogens is 292 g/mol. The van der Waals surface area contributed by atoms with Crippen LogP contribution < -0.4 is 0 Å². The van der Waals surface area contributed by atoms with Gasteiger partial charge in [-0.05, 0) is 50.9 Å². The summed E-state index contributed by atoms with van der Waals surface area (Å²) in [5.74, 6) is 0.763. The van der Waals surface area contributed by atoms with Crippen molar-refractivity contribution in [3.8, 4) is 0 Å². The van der Waals surface area contributed by atoms with E-state index in [2.05, 4.69) is 11.7 Å². The van der Waals surface area contributed by atoms with Gasteiger partial charge in [-0.15, -0.1) is 0 Å². The Labute approximate surface area is 141 Å². The lowest BCUT2D eigenvalue weighted by atomic mass is 9.80. The Kier molecular flexibility index (Phi) is 10.8. The average Bonchev–Trinajstić information content (AvgIpc) is 2.58. The van der Waals surface area contributed by atoms with Crippen molar-refractivity contribution < 1.29 is 19.1 Å². The summed E-state index contributed by atoms with van der Waals surface area (Å²) in [6.45, 7) is 2.72. The van der Waals surface area contributed by atoms with E-state index in [1.165, 1.54) is 45.6 Å². The van der Waals surface area contributed by atoms with Gasteiger partial charge in [0.05, 0.1) is 19.6 Å². The van der Waals surface area contributed by atoms with Crippen molar-refractivity contribution in [1.29, 1.82) is 0 Å². The summed E-state index contributed by atoms with van der Waals surface area (Å²) in [7, 11) is 1.41. The Morgan fingerprint density at radius 3 is 2.35 bits per heavy atom. The van der Waals surface area contributed by atoms with Crippen LogP contribution >= 0.6 is 0 Å². The van der Waals surface area contributed by atoms with Crippen LogP contribution in [0.2, 0.25) is 0 Å². The Morgan fingerprint density at radius 1 is 0.957 bits per heavy atom. The van der Waals surface area contributed by atoms with E-state index in [-0.39, 0.29) is 17.9 Å². The molecule has 0 atom stereocenters. The predicted octanol–water partition coefficient (Wildman–Crippen LogP) is 4.65. The number of ether oxygens (including phenoxy) is 2. The largest absolute Gasteiger partial charge is 0.469 e. The number of unbranched alkanes of at least 4 members (excludes halogenated alkanes) is 4. The molecule has 0 N–H and O–H groups in total. The monoisotopic (exact) mass is 326 g/mol. The van der Waals surface area contributed by atoms with Crippen molar-refractivity contribution in [2.75, 3.05) is 13.7 Å². The molecule has 1 aliphatic carbocycles. The molecule has 0 aromatic rings. The standard InChI is InChI=1S/C19H34O4/c1-3-4-6-9-16-11-13-17(14-12-16)19(21)23-15-8-5-7-10-18(20)22-2/h16-17H,3-15H2,1-2H3. The minimum Gasteiger partial charge on any atom is -0.469 e. The Balaban J connectivity index is 2.02. The van der Waals surface area contributed by atoms with Gasteiger partial charge in [0.2, 0.25) is 0 Å². The average molecular weight is 326 g/mol. The summed E-state index contributed by atoms with van der Waals surface area (Å²) in [5.41, 5.74) is 0. The molecule has 0 saturated heterocycles. The van der Waals surface area contributed by atoms with Crippen molar-refractivity contribution in [2.24, 2.45) is 11.8 Å². The van der Waals surface area contributed by atoms with Crippen molar-refractivity contribution in [3.05, 3.63) is 0 Å². The molecule has 134 valence electrons. The third kappa shape index (κ3) is 8.97. The zero-order valence-corrected chi connectivity index (χ0v) is 15.0. The van der Waals surface area contributed by atoms with E-state index in [1.807, 2.05) is 0 Å². The topological polar surface area (TPSA) is 52.6 Å². The minimum absolute atomic E-state index is 0.00928. The van der Waals surface area contributed by atoms with Crippen LogP contribution in [0.1, 0.15) is 84.0 Å². The van der Waals surface area contributed by atoms with Gasteiger partial charge in [0.15, 0.2) is 0 Å². The van der Waals surface area contributed by atoms with Crippen molar-refractivity contribution >= 4 is 11.9 Å². The highest BCUT2D eigenvalue weighted by Gasteiger charge is 2.26. The van der Waals surface area contributed by atoms with E-state index in [9.17, 15) is 9.59 Å². The van der Waals surface area contributed by atoms with Crippen LogP contribution in [-0.4, -0.2) is 25.7 Å². The van der Waals surface area contributed by atoms with Crippen molar-refractivity contribution in [1.82, 2.24) is 0 Å². The second-order valence-corrected chi connectivity index (χ2v) is 6.77. The quantitative estimate of drug-likeness (QED) is 0.410. The SMILES string of the molecule is CCCCCC1CCC(C(=O)OCCCCCC(=O)OC)CC1. The first-order valence-corrected chi connectivity index (χ1v) is 9.40. The molecule has 0 bridgehead atoms. The zero-order chi connectivity index (χ0) is 16.9. The van der Waals surface area contributed by atoms with Gasteiger partial charge < -0.3 is 9.47 Å². The fourth-order valence-corrected chi connectivity index (χ4v) is 3.31. The van der Waals surface area contributed by atoms with E-state index in [0.29, 0.717) is 13.0 Å². The first-order chi connectivity index (χ1) is 11.2. The minimum atomic E-state index is -0.169. The molecule has 23 heavy (non-hydrogen) atoms. The number of esters is 2. The Hall–Kier alpha value is -1.06. The fourth-order valence-electron chi connectivity index (χ4n) is 3.31. The van der Waals surface area contributed by atoms with Crippen LogP contribution in [0.3, 0.4) is 0 Å². The molecule has 0 radical (unpaired) electrons. The molecule has 1 aliphatic rings. The molecular formula is C19H34O4. The highest BCUT2D eigenvalue weighted by molar-refractivity contribution is 5.72. The van der Waals surface area contributed by atoms with E-state index < -0.39 is 0 Å². The van der Waals surface area contributed by atoms with Gasteiger partial charge in [-0.1, -0.05) is 32.6 Å². The molecule has 0 heterocycles. The summed E-state index contributed by atoms with van der Waals surface area (Å²) in [5, 5.41) is 0. The smallest absolute Gasteiger partial charge is 0.308 e. The molecule has 0 spiro atoms. The molecule has 1 saturated carbocycles. The molecule has 0 amide bonds. The number of carbonyl (C=O) groups excluding carboxylic acids is 2. The number of carbonyl (C=O) groups is 2. The summed E-state index contributed by atoms with van der Waals surface area (Å²) in [6.07, 6.45) is 12.6. The predicted molar refractivity (Wildman–Crippen MR) is 91.0 cm³/mol. The number of rotatable bonds is 11. The Bertz CT molecular complexity index is 332. The second kappa shape index (κ2) is 12.4. The maximum atomic E-state index is 12.1. The molecule has 4 nitrogen and oxygen atoms in total. The highest BCUT2D eigenvalue weighted by atomic mass is 16.5. The third-order valence-corrected chi connectivity index (χ3v) is 4.89. The lowest BCUT2D eigenvalue weighted by Crippen LogP contribution is -2.24. The van der Waals surface area contributed by atoms with E-state index >= 15 is 0 Å². The first-order valence-electron chi connectivity index (χ1n) is 9.40. The lowest BCUT2D eigenvalue weighted by Gasteiger charge is -2.27. The molecule has 1 fully saturated rings. The molecule has 1 rings (SSSR count). The fraction of sp³-hybridized carbons (Fsp3) is 0.895. The van der Waals surface area contributed by atoms with E-state index in [0.717, 1.165) is 38.0 Å². The van der Waals surface area contributed by atoms with Crippen LogP contribution in [0.5, 0.6) is 0 Å². The number of methoxy groups -OCH3 is 1. The summed E-state index contributed by atoms with van der Waals surface area (Å²) < 4.78 is 9.98. The van der Waals surface area contributed by atoms with Crippen LogP contribution in [-0.2, 0) is 19.1 Å². The second-order valence-electron chi connectivity index (χ2n) is 6.77. The lowest BCUT2D eigenvalue weighted by molar-refractivity contribution is -0.150. The molecule has 0 unspecified atom stereocenters. The van der Waals surface area contributed by atoms with E-state index in [1.54, 1.807) is 0 Å².